The maximum atomic E-state index is 13.7. The Kier molecular flexibility index (Phi) is 12.6. The van der Waals surface area contributed by atoms with Crippen LogP contribution >= 0.6 is 22.1 Å². The van der Waals surface area contributed by atoms with Crippen molar-refractivity contribution in [1.82, 2.24) is 0 Å². The first-order chi connectivity index (χ1) is 13.9. The third kappa shape index (κ3) is 7.80. The lowest BCUT2D eigenvalue weighted by Gasteiger charge is -2.37. The largest absolute Gasteiger partial charge is 0.325 e. The highest BCUT2D eigenvalue weighted by atomic mass is 31.2. The standard InChI is InChI=1S/C22H49O6P3/c1-15(2)29(23,16(3)4)26-14-22(28-31(25,19(9)10)20(11)12)21(13)27-30(24,17(5)6)18(7)8/h15-22H,14H2,1-13H3. The molecule has 2 unspecified atom stereocenters. The molecule has 6 nitrogen and oxygen atoms in total. The third-order valence-electron chi connectivity index (χ3n) is 5.91. The van der Waals surface area contributed by atoms with Gasteiger partial charge in [0.2, 0.25) is 22.1 Å². The molecule has 0 aliphatic heterocycles. The van der Waals surface area contributed by atoms with E-state index in [1.807, 2.05) is 83.1 Å². The minimum Gasteiger partial charge on any atom is -0.325 e. The van der Waals surface area contributed by atoms with Gasteiger partial charge in [-0.3, -0.25) is 13.7 Å². The van der Waals surface area contributed by atoms with Crippen LogP contribution in [0.2, 0.25) is 0 Å². The molecule has 0 bridgehead atoms. The third-order valence-corrected chi connectivity index (χ3v) is 16.4. The Morgan fingerprint density at radius 1 is 0.484 bits per heavy atom. The average molecular weight is 503 g/mol. The average Bonchev–Trinajstić information content (AvgIpc) is 2.62. The minimum atomic E-state index is -3.06. The van der Waals surface area contributed by atoms with E-state index in [2.05, 4.69) is 0 Å². The molecule has 0 aromatic carbocycles. The molecule has 0 aliphatic carbocycles. The smallest absolute Gasteiger partial charge is 0.208 e. The molecule has 9 heteroatoms. The molecule has 0 fully saturated rings. The zero-order valence-corrected chi connectivity index (χ0v) is 24.8. The minimum absolute atomic E-state index is 0.0194. The van der Waals surface area contributed by atoms with E-state index in [1.165, 1.54) is 0 Å². The quantitative estimate of drug-likeness (QED) is 0.223. The topological polar surface area (TPSA) is 78.9 Å². The Bertz CT molecular complexity index is 649. The highest BCUT2D eigenvalue weighted by Crippen LogP contribution is 2.61. The second-order valence-electron chi connectivity index (χ2n) is 10.2. The second-order valence-corrected chi connectivity index (χ2v) is 21.0. The van der Waals surface area contributed by atoms with Gasteiger partial charge < -0.3 is 13.6 Å². The molecule has 0 amide bonds. The van der Waals surface area contributed by atoms with Gasteiger partial charge in [-0.25, -0.2) is 0 Å². The van der Waals surface area contributed by atoms with Crippen molar-refractivity contribution >= 4 is 22.1 Å². The Labute approximate surface area is 192 Å². The molecule has 0 N–H and O–H groups in total. The molecule has 0 aromatic heterocycles. The van der Waals surface area contributed by atoms with Gasteiger partial charge in [-0.2, -0.15) is 0 Å². The fourth-order valence-corrected chi connectivity index (χ4v) is 10.4. The van der Waals surface area contributed by atoms with Crippen LogP contribution in [0.3, 0.4) is 0 Å². The van der Waals surface area contributed by atoms with Gasteiger partial charge in [0, 0.05) is 34.0 Å². The van der Waals surface area contributed by atoms with E-state index in [4.69, 9.17) is 13.6 Å². The van der Waals surface area contributed by atoms with Crippen LogP contribution in [0.5, 0.6) is 0 Å². The number of rotatable bonds is 14. The summed E-state index contributed by atoms with van der Waals surface area (Å²) < 4.78 is 59.1. The van der Waals surface area contributed by atoms with Gasteiger partial charge in [0.1, 0.15) is 6.10 Å². The molecule has 31 heavy (non-hydrogen) atoms. The molecule has 0 rings (SSSR count). The van der Waals surface area contributed by atoms with Gasteiger partial charge in [0.15, 0.2) is 0 Å². The molecule has 0 saturated carbocycles. The van der Waals surface area contributed by atoms with Gasteiger partial charge in [-0.05, 0) is 6.92 Å². The predicted molar refractivity (Wildman–Crippen MR) is 135 cm³/mol. The first kappa shape index (κ1) is 31.6. The van der Waals surface area contributed by atoms with E-state index in [-0.39, 0.29) is 40.6 Å². The summed E-state index contributed by atoms with van der Waals surface area (Å²) in [7, 11) is -8.99. The van der Waals surface area contributed by atoms with E-state index >= 15 is 0 Å². The SMILES string of the molecule is CC(OP(=O)(C(C)C)C(C)C)C(COP(=O)(C(C)C)C(C)C)OP(=O)(C(C)C)C(C)C. The summed E-state index contributed by atoms with van der Waals surface area (Å²) in [6.45, 7) is 24.4. The van der Waals surface area contributed by atoms with Crippen LogP contribution in [-0.2, 0) is 27.3 Å². The molecule has 188 valence electrons. The summed E-state index contributed by atoms with van der Waals surface area (Å²) in [4.78, 5) is 0. The van der Waals surface area contributed by atoms with Crippen molar-refractivity contribution in [2.24, 2.45) is 0 Å². The van der Waals surface area contributed by atoms with Crippen molar-refractivity contribution in [3.8, 4) is 0 Å². The summed E-state index contributed by atoms with van der Waals surface area (Å²) in [5, 5.41) is 0. The monoisotopic (exact) mass is 502 g/mol. The zero-order chi connectivity index (χ0) is 24.9. The number of hydrogen-bond acceptors (Lipinski definition) is 6. The first-order valence-corrected chi connectivity index (χ1v) is 16.9. The van der Waals surface area contributed by atoms with E-state index in [0.717, 1.165) is 0 Å². The van der Waals surface area contributed by atoms with Crippen LogP contribution in [0.25, 0.3) is 0 Å². The van der Waals surface area contributed by atoms with Crippen molar-refractivity contribution in [3.05, 3.63) is 0 Å². The maximum Gasteiger partial charge on any atom is 0.208 e. The summed E-state index contributed by atoms with van der Waals surface area (Å²) in [6.07, 6.45) is -1.37. The lowest BCUT2D eigenvalue weighted by molar-refractivity contribution is 0.0325. The van der Waals surface area contributed by atoms with Crippen LogP contribution in [-0.4, -0.2) is 52.8 Å². The van der Waals surface area contributed by atoms with Crippen molar-refractivity contribution in [3.63, 3.8) is 0 Å². The lowest BCUT2D eigenvalue weighted by atomic mass is 10.2. The van der Waals surface area contributed by atoms with Crippen molar-refractivity contribution in [1.29, 1.82) is 0 Å². The van der Waals surface area contributed by atoms with Crippen LogP contribution < -0.4 is 0 Å². The van der Waals surface area contributed by atoms with Gasteiger partial charge in [0.25, 0.3) is 0 Å². The van der Waals surface area contributed by atoms with Crippen LogP contribution in [0.15, 0.2) is 0 Å². The Morgan fingerprint density at radius 2 is 0.774 bits per heavy atom. The first-order valence-electron chi connectivity index (χ1n) is 11.7. The van der Waals surface area contributed by atoms with Gasteiger partial charge in [-0.1, -0.05) is 83.1 Å². The van der Waals surface area contributed by atoms with Crippen molar-refractivity contribution < 1.29 is 27.3 Å². The maximum absolute atomic E-state index is 13.7. The van der Waals surface area contributed by atoms with Gasteiger partial charge >= 0.3 is 0 Å². The summed E-state index contributed by atoms with van der Waals surface area (Å²) in [6, 6.07) is 0. The molecule has 0 aromatic rings. The van der Waals surface area contributed by atoms with Crippen LogP contribution in [0.1, 0.15) is 90.0 Å². The second kappa shape index (κ2) is 12.3. The Morgan fingerprint density at radius 3 is 1.06 bits per heavy atom. The van der Waals surface area contributed by atoms with Crippen molar-refractivity contribution in [2.45, 2.75) is 136 Å². The summed E-state index contributed by atoms with van der Waals surface area (Å²) >= 11 is 0. The van der Waals surface area contributed by atoms with Crippen LogP contribution in [0.4, 0.5) is 0 Å². The molecular formula is C22H49O6P3. The molecule has 0 spiro atoms. The van der Waals surface area contributed by atoms with E-state index < -0.39 is 34.3 Å². The van der Waals surface area contributed by atoms with Crippen LogP contribution in [0, 0.1) is 0 Å². The highest BCUT2D eigenvalue weighted by Gasteiger charge is 2.42. The number of hydrogen-bond donors (Lipinski definition) is 0. The molecular weight excluding hydrogens is 453 g/mol. The van der Waals surface area contributed by atoms with E-state index in [0.29, 0.717) is 0 Å². The Hall–Kier alpha value is 0.570. The predicted octanol–water partition coefficient (Wildman–Crippen LogP) is 8.08. The molecule has 0 heterocycles. The van der Waals surface area contributed by atoms with Crippen molar-refractivity contribution in [2.75, 3.05) is 6.61 Å². The fraction of sp³-hybridized carbons (Fsp3) is 1.00. The molecule has 0 saturated heterocycles. The van der Waals surface area contributed by atoms with E-state index in [1.54, 1.807) is 6.92 Å². The molecule has 0 radical (unpaired) electrons. The lowest BCUT2D eigenvalue weighted by Crippen LogP contribution is -2.35. The zero-order valence-electron chi connectivity index (χ0n) is 22.1. The van der Waals surface area contributed by atoms with E-state index in [9.17, 15) is 13.7 Å². The highest BCUT2D eigenvalue weighted by molar-refractivity contribution is 7.61. The Balaban J connectivity index is 6.07. The van der Waals surface area contributed by atoms with Gasteiger partial charge in [0.05, 0.1) is 12.7 Å². The summed E-state index contributed by atoms with van der Waals surface area (Å²) in [5.74, 6) is 0. The fourth-order valence-electron chi connectivity index (χ4n) is 3.55. The molecule has 2 atom stereocenters. The summed E-state index contributed by atoms with van der Waals surface area (Å²) in [5.41, 5.74) is -0.989. The normalized spacial score (nSPS) is 16.4. The molecule has 0 aliphatic rings. The van der Waals surface area contributed by atoms with Gasteiger partial charge in [-0.15, -0.1) is 0 Å².